The van der Waals surface area contributed by atoms with Gasteiger partial charge < -0.3 is 4.42 Å². The van der Waals surface area contributed by atoms with E-state index in [0.717, 1.165) is 10.7 Å². The van der Waals surface area contributed by atoms with Crippen molar-refractivity contribution in [2.24, 2.45) is 0 Å². The van der Waals surface area contributed by atoms with Crippen molar-refractivity contribution >= 4 is 35.1 Å². The van der Waals surface area contributed by atoms with Crippen molar-refractivity contribution in [3.05, 3.63) is 23.2 Å². The molecule has 84 valence electrons. The van der Waals surface area contributed by atoms with Gasteiger partial charge >= 0.3 is 0 Å². The summed E-state index contributed by atoms with van der Waals surface area (Å²) in [6.45, 7) is 1.87. The normalized spacial score (nSPS) is 10.7. The summed E-state index contributed by atoms with van der Waals surface area (Å²) in [5.74, 6) is 0. The van der Waals surface area contributed by atoms with Gasteiger partial charge in [-0.05, 0) is 24.9 Å². The third-order valence-electron chi connectivity index (χ3n) is 1.62. The second-order valence-electron chi connectivity index (χ2n) is 2.87. The molecule has 0 spiro atoms. The Morgan fingerprint density at radius 3 is 2.75 bits per heavy atom. The van der Waals surface area contributed by atoms with Crippen LogP contribution < -0.4 is 0 Å². The fourth-order valence-electron chi connectivity index (χ4n) is 0.989. The molecule has 0 aliphatic rings. The number of thioether (sulfide) groups is 1. The zero-order valence-electron chi connectivity index (χ0n) is 8.60. The van der Waals surface area contributed by atoms with Gasteiger partial charge in [0.1, 0.15) is 16.4 Å². The van der Waals surface area contributed by atoms with E-state index in [1.54, 1.807) is 12.3 Å². The molecule has 7 heteroatoms. The lowest BCUT2D eigenvalue weighted by atomic mass is 10.6. The molecule has 2 rings (SSSR count). The van der Waals surface area contributed by atoms with Gasteiger partial charge in [0.05, 0.1) is 5.69 Å². The second kappa shape index (κ2) is 5.07. The predicted octanol–water partition coefficient (Wildman–Crippen LogP) is 3.30. The van der Waals surface area contributed by atoms with Crippen LogP contribution in [0.3, 0.4) is 0 Å². The maximum absolute atomic E-state index is 5.87. The molecule has 2 aromatic heterocycles. The summed E-state index contributed by atoms with van der Waals surface area (Å²) in [6.07, 6.45) is 3.50. The van der Waals surface area contributed by atoms with Gasteiger partial charge in [0.2, 0.25) is 0 Å². The standard InChI is InChI=1S/C9H8ClN3OS2/c1-5-4-14-9(11-5)16-7-3-6(10)12-8(13-7)15-2/h3-4H,1-2H3. The van der Waals surface area contributed by atoms with Crippen LogP contribution in [0.15, 0.2) is 32.2 Å². The Hall–Kier alpha value is -0.720. The molecule has 0 aromatic carbocycles. The minimum atomic E-state index is 0.421. The van der Waals surface area contributed by atoms with Gasteiger partial charge in [-0.3, -0.25) is 0 Å². The minimum absolute atomic E-state index is 0.421. The fraction of sp³-hybridized carbons (Fsp3) is 0.222. The zero-order valence-corrected chi connectivity index (χ0v) is 11.0. The zero-order chi connectivity index (χ0) is 11.5. The first-order chi connectivity index (χ1) is 7.67. The smallest absolute Gasteiger partial charge is 0.262 e. The molecule has 0 aliphatic heterocycles. The molecule has 0 bridgehead atoms. The number of oxazole rings is 1. The Morgan fingerprint density at radius 2 is 2.12 bits per heavy atom. The van der Waals surface area contributed by atoms with E-state index in [-0.39, 0.29) is 0 Å². The topological polar surface area (TPSA) is 51.8 Å². The lowest BCUT2D eigenvalue weighted by molar-refractivity contribution is 0.453. The predicted molar refractivity (Wildman–Crippen MR) is 64.2 cm³/mol. The molecule has 4 nitrogen and oxygen atoms in total. The van der Waals surface area contributed by atoms with E-state index >= 15 is 0 Å². The number of nitrogens with zero attached hydrogens (tertiary/aromatic N) is 3. The van der Waals surface area contributed by atoms with E-state index in [0.29, 0.717) is 15.5 Å². The summed E-state index contributed by atoms with van der Waals surface area (Å²) < 4.78 is 5.22. The van der Waals surface area contributed by atoms with Crippen molar-refractivity contribution in [1.82, 2.24) is 15.0 Å². The molecule has 2 heterocycles. The third kappa shape index (κ3) is 2.90. The molecule has 0 atom stereocenters. The Morgan fingerprint density at radius 1 is 1.31 bits per heavy atom. The van der Waals surface area contributed by atoms with Crippen molar-refractivity contribution in [1.29, 1.82) is 0 Å². The molecule has 2 aromatic rings. The van der Waals surface area contributed by atoms with Crippen LogP contribution >= 0.6 is 35.1 Å². The van der Waals surface area contributed by atoms with Crippen LogP contribution in [0.2, 0.25) is 5.15 Å². The molecule has 0 aliphatic carbocycles. The van der Waals surface area contributed by atoms with Crippen LogP contribution in [-0.2, 0) is 0 Å². The number of rotatable bonds is 3. The summed E-state index contributed by atoms with van der Waals surface area (Å²) >= 11 is 8.64. The highest BCUT2D eigenvalue weighted by Gasteiger charge is 2.08. The SMILES string of the molecule is CSc1nc(Cl)cc(Sc2nc(C)co2)n1. The third-order valence-corrected chi connectivity index (χ3v) is 3.15. The van der Waals surface area contributed by atoms with Crippen molar-refractivity contribution in [3.8, 4) is 0 Å². The van der Waals surface area contributed by atoms with Crippen LogP contribution in [0.4, 0.5) is 0 Å². The Kier molecular flexibility index (Phi) is 3.73. The molecule has 0 N–H and O–H groups in total. The van der Waals surface area contributed by atoms with Crippen LogP contribution in [0.5, 0.6) is 0 Å². The van der Waals surface area contributed by atoms with Gasteiger partial charge in [-0.1, -0.05) is 23.4 Å². The second-order valence-corrected chi connectivity index (χ2v) is 5.00. The molecule has 0 amide bonds. The fourth-order valence-corrected chi connectivity index (χ4v) is 2.49. The van der Waals surface area contributed by atoms with E-state index in [1.165, 1.54) is 23.5 Å². The van der Waals surface area contributed by atoms with Gasteiger partial charge in [-0.2, -0.15) is 0 Å². The van der Waals surface area contributed by atoms with Gasteiger partial charge in [-0.15, -0.1) is 0 Å². The summed E-state index contributed by atoms with van der Waals surface area (Å²) in [6, 6.07) is 1.69. The number of hydrogen-bond donors (Lipinski definition) is 0. The van der Waals surface area contributed by atoms with Crippen molar-refractivity contribution in [2.75, 3.05) is 6.26 Å². The number of halogens is 1. The van der Waals surface area contributed by atoms with Crippen molar-refractivity contribution < 1.29 is 4.42 Å². The molecular weight excluding hydrogens is 266 g/mol. The summed E-state index contributed by atoms with van der Waals surface area (Å²) in [5.41, 5.74) is 0.841. The van der Waals surface area contributed by atoms with Crippen molar-refractivity contribution in [2.45, 2.75) is 22.3 Å². The first-order valence-electron chi connectivity index (χ1n) is 4.36. The molecule has 0 radical (unpaired) electrons. The lowest BCUT2D eigenvalue weighted by Crippen LogP contribution is -1.88. The average molecular weight is 274 g/mol. The van der Waals surface area contributed by atoms with E-state index < -0.39 is 0 Å². The Balaban J connectivity index is 2.24. The Labute approximate surface area is 106 Å². The minimum Gasteiger partial charge on any atom is -0.439 e. The number of hydrogen-bond acceptors (Lipinski definition) is 6. The van der Waals surface area contributed by atoms with Gasteiger partial charge in [0.25, 0.3) is 5.22 Å². The monoisotopic (exact) mass is 273 g/mol. The molecular formula is C9H8ClN3OS2. The van der Waals surface area contributed by atoms with Gasteiger partial charge in [-0.25, -0.2) is 15.0 Å². The molecule has 16 heavy (non-hydrogen) atoms. The first kappa shape index (κ1) is 11.8. The highest BCUT2D eigenvalue weighted by Crippen LogP contribution is 2.28. The van der Waals surface area contributed by atoms with Crippen molar-refractivity contribution in [3.63, 3.8) is 0 Å². The summed E-state index contributed by atoms with van der Waals surface area (Å²) in [5, 5.41) is 2.34. The van der Waals surface area contributed by atoms with Gasteiger partial charge in [0, 0.05) is 6.07 Å². The highest BCUT2D eigenvalue weighted by molar-refractivity contribution is 7.99. The molecule has 0 fully saturated rings. The van der Waals surface area contributed by atoms with Crippen LogP contribution in [-0.4, -0.2) is 21.2 Å². The van der Waals surface area contributed by atoms with E-state index in [9.17, 15) is 0 Å². The summed E-state index contributed by atoms with van der Waals surface area (Å²) in [7, 11) is 0. The maximum Gasteiger partial charge on any atom is 0.262 e. The summed E-state index contributed by atoms with van der Waals surface area (Å²) in [4.78, 5) is 12.5. The Bertz CT molecular complexity index is 503. The van der Waals surface area contributed by atoms with Crippen LogP contribution in [0.1, 0.15) is 5.69 Å². The molecule has 0 saturated heterocycles. The number of aryl methyl sites for hydroxylation is 1. The van der Waals surface area contributed by atoms with Crippen LogP contribution in [0.25, 0.3) is 0 Å². The van der Waals surface area contributed by atoms with E-state index in [4.69, 9.17) is 16.0 Å². The molecule has 0 unspecified atom stereocenters. The van der Waals surface area contributed by atoms with E-state index in [2.05, 4.69) is 15.0 Å². The molecule has 0 saturated carbocycles. The quantitative estimate of drug-likeness (QED) is 0.486. The van der Waals surface area contributed by atoms with Crippen LogP contribution in [0, 0.1) is 6.92 Å². The number of aromatic nitrogens is 3. The highest BCUT2D eigenvalue weighted by atomic mass is 35.5. The van der Waals surface area contributed by atoms with E-state index in [1.807, 2.05) is 13.2 Å². The maximum atomic E-state index is 5.87. The lowest BCUT2D eigenvalue weighted by Gasteiger charge is -1.99. The first-order valence-corrected chi connectivity index (χ1v) is 6.78. The largest absolute Gasteiger partial charge is 0.439 e. The average Bonchev–Trinajstić information content (AvgIpc) is 2.63. The van der Waals surface area contributed by atoms with Gasteiger partial charge in [0.15, 0.2) is 5.16 Å².